The van der Waals surface area contributed by atoms with Crippen LogP contribution in [0.25, 0.3) is 15.9 Å². The number of hydrogen-bond donors (Lipinski definition) is 0. The maximum Gasteiger partial charge on any atom is 0.267 e. The van der Waals surface area contributed by atoms with Gasteiger partial charge in [0, 0.05) is 24.4 Å². The van der Waals surface area contributed by atoms with Gasteiger partial charge in [-0.15, -0.1) is 11.3 Å². The number of benzene rings is 1. The Hall–Kier alpha value is -2.16. The lowest BCUT2D eigenvalue weighted by Gasteiger charge is -2.29. The molecule has 1 fully saturated rings. The summed E-state index contributed by atoms with van der Waals surface area (Å²) in [6, 6.07) is 7.94. The van der Waals surface area contributed by atoms with E-state index in [9.17, 15) is 9.59 Å². The average molecular weight is 512 g/mol. The third-order valence-corrected chi connectivity index (χ3v) is 9.18. The van der Waals surface area contributed by atoms with Crippen LogP contribution >= 0.6 is 23.1 Å². The Morgan fingerprint density at radius 1 is 1.14 bits per heavy atom. The zero-order valence-electron chi connectivity index (χ0n) is 20.9. The SMILES string of the molecule is Cc1ccc(-n2c(S[C@H](C)C(=O)N3CCCCC3)nc3sc4c(c3c2=O)C[C@@H](C(C)C)OC4)cc1. The number of thiophene rings is 1. The number of carbonyl (C=O) groups is 1. The smallest absolute Gasteiger partial charge is 0.267 e. The van der Waals surface area contributed by atoms with E-state index >= 15 is 0 Å². The number of hydrogen-bond acceptors (Lipinski definition) is 6. The molecule has 0 unspecified atom stereocenters. The van der Waals surface area contributed by atoms with Crippen molar-refractivity contribution < 1.29 is 9.53 Å². The molecule has 3 aromatic rings. The Balaban J connectivity index is 1.60. The molecule has 1 amide bonds. The highest BCUT2D eigenvalue weighted by atomic mass is 32.2. The Morgan fingerprint density at radius 3 is 2.54 bits per heavy atom. The van der Waals surface area contributed by atoms with E-state index in [4.69, 9.17) is 9.72 Å². The Morgan fingerprint density at radius 2 is 1.86 bits per heavy atom. The summed E-state index contributed by atoms with van der Waals surface area (Å²) >= 11 is 2.94. The van der Waals surface area contributed by atoms with E-state index in [2.05, 4.69) is 13.8 Å². The molecule has 5 rings (SSSR count). The van der Waals surface area contributed by atoms with E-state index in [1.807, 2.05) is 43.0 Å². The molecule has 2 aliphatic heterocycles. The topological polar surface area (TPSA) is 64.4 Å². The van der Waals surface area contributed by atoms with Gasteiger partial charge in [-0.1, -0.05) is 43.3 Å². The summed E-state index contributed by atoms with van der Waals surface area (Å²) in [5.41, 5.74) is 2.94. The van der Waals surface area contributed by atoms with Gasteiger partial charge in [0.05, 0.1) is 29.0 Å². The summed E-state index contributed by atoms with van der Waals surface area (Å²) in [6.45, 7) is 10.4. The largest absolute Gasteiger partial charge is 0.372 e. The van der Waals surface area contributed by atoms with E-state index in [-0.39, 0.29) is 22.8 Å². The zero-order chi connectivity index (χ0) is 24.7. The van der Waals surface area contributed by atoms with Crippen molar-refractivity contribution in [3.05, 3.63) is 50.6 Å². The molecule has 0 N–H and O–H groups in total. The first-order valence-electron chi connectivity index (χ1n) is 12.5. The highest BCUT2D eigenvalue weighted by molar-refractivity contribution is 8.00. The molecule has 186 valence electrons. The van der Waals surface area contributed by atoms with Crippen molar-refractivity contribution in [1.29, 1.82) is 0 Å². The fourth-order valence-corrected chi connectivity index (χ4v) is 7.09. The first kappa shape index (κ1) is 24.5. The van der Waals surface area contributed by atoms with Crippen molar-refractivity contribution in [2.45, 2.75) is 76.5 Å². The van der Waals surface area contributed by atoms with Crippen molar-refractivity contribution in [1.82, 2.24) is 14.5 Å². The van der Waals surface area contributed by atoms with Crippen LogP contribution in [0.3, 0.4) is 0 Å². The van der Waals surface area contributed by atoms with Gasteiger partial charge in [-0.25, -0.2) is 4.98 Å². The first-order valence-corrected chi connectivity index (χ1v) is 14.2. The Labute approximate surface area is 214 Å². The molecule has 0 bridgehead atoms. The zero-order valence-corrected chi connectivity index (χ0v) is 22.5. The van der Waals surface area contributed by atoms with Crippen LogP contribution in [-0.2, 0) is 22.6 Å². The van der Waals surface area contributed by atoms with Gasteiger partial charge in [0.25, 0.3) is 5.56 Å². The highest BCUT2D eigenvalue weighted by Gasteiger charge is 2.30. The molecule has 4 heterocycles. The summed E-state index contributed by atoms with van der Waals surface area (Å²) in [4.78, 5) is 36.1. The number of ether oxygens (including phenoxy) is 1. The Bertz CT molecular complexity index is 1290. The standard InChI is InChI=1S/C27H33N3O3S2/c1-16(2)21-14-20-22(15-33-21)35-24-23(20)26(32)30(19-10-8-17(3)9-11-19)27(28-24)34-18(4)25(31)29-12-6-5-7-13-29/h8-11,16,18,21H,5-7,12-15H2,1-4H3/t18-,21+/m1/s1. The molecule has 2 aliphatic rings. The minimum absolute atomic E-state index is 0.0547. The maximum atomic E-state index is 14.1. The van der Waals surface area contributed by atoms with Crippen LogP contribution in [0.2, 0.25) is 0 Å². The predicted octanol–water partition coefficient (Wildman–Crippen LogP) is 5.35. The fourth-order valence-electron chi connectivity index (χ4n) is 4.92. The number of rotatable bonds is 5. The van der Waals surface area contributed by atoms with Gasteiger partial charge in [0.1, 0.15) is 4.83 Å². The van der Waals surface area contributed by atoms with Crippen molar-refractivity contribution in [3.63, 3.8) is 0 Å². The summed E-state index contributed by atoms with van der Waals surface area (Å²) in [5.74, 6) is 0.500. The Kier molecular flexibility index (Phi) is 7.06. The molecule has 2 aromatic heterocycles. The highest BCUT2D eigenvalue weighted by Crippen LogP contribution is 2.37. The van der Waals surface area contributed by atoms with Crippen LogP contribution < -0.4 is 5.56 Å². The fraction of sp³-hybridized carbons (Fsp3) is 0.519. The second-order valence-electron chi connectivity index (χ2n) is 10.00. The lowest BCUT2D eigenvalue weighted by molar-refractivity contribution is -0.131. The molecule has 0 aliphatic carbocycles. The predicted molar refractivity (Wildman–Crippen MR) is 143 cm³/mol. The lowest BCUT2D eigenvalue weighted by atomic mass is 9.96. The van der Waals surface area contributed by atoms with Crippen LogP contribution in [0.1, 0.15) is 56.0 Å². The molecular weight excluding hydrogens is 478 g/mol. The summed E-state index contributed by atoms with van der Waals surface area (Å²) in [7, 11) is 0. The minimum atomic E-state index is -0.322. The van der Waals surface area contributed by atoms with Crippen LogP contribution in [-0.4, -0.2) is 44.8 Å². The summed E-state index contributed by atoms with van der Waals surface area (Å²) in [6.07, 6.45) is 4.13. The number of nitrogens with zero attached hydrogens (tertiary/aromatic N) is 3. The number of aryl methyl sites for hydroxylation is 1. The van der Waals surface area contributed by atoms with E-state index < -0.39 is 0 Å². The van der Waals surface area contributed by atoms with Crippen molar-refractivity contribution in [2.75, 3.05) is 13.1 Å². The molecule has 0 spiro atoms. The van der Waals surface area contributed by atoms with Crippen LogP contribution in [0.4, 0.5) is 0 Å². The molecule has 6 nitrogen and oxygen atoms in total. The first-order chi connectivity index (χ1) is 16.8. The normalized spacial score (nSPS) is 19.2. The number of piperidine rings is 1. The third-order valence-electron chi connectivity index (χ3n) is 7.04. The van der Waals surface area contributed by atoms with E-state index in [1.165, 1.54) is 18.2 Å². The van der Waals surface area contributed by atoms with Crippen LogP contribution in [0.5, 0.6) is 0 Å². The van der Waals surface area contributed by atoms with Gasteiger partial charge < -0.3 is 9.64 Å². The van der Waals surface area contributed by atoms with Crippen LogP contribution in [0, 0.1) is 12.8 Å². The van der Waals surface area contributed by atoms with E-state index in [0.717, 1.165) is 58.9 Å². The molecule has 1 aromatic carbocycles. The second kappa shape index (κ2) is 10.1. The number of carbonyl (C=O) groups excluding carboxylic acids is 1. The van der Waals surface area contributed by atoms with Crippen LogP contribution in [0.15, 0.2) is 34.2 Å². The summed E-state index contributed by atoms with van der Waals surface area (Å²) < 4.78 is 7.78. The van der Waals surface area contributed by atoms with E-state index in [0.29, 0.717) is 23.1 Å². The monoisotopic (exact) mass is 511 g/mol. The number of likely N-dealkylation sites (tertiary alicyclic amines) is 1. The number of aromatic nitrogens is 2. The quantitative estimate of drug-likeness (QED) is 0.341. The molecule has 35 heavy (non-hydrogen) atoms. The molecular formula is C27H33N3O3S2. The molecule has 2 atom stereocenters. The second-order valence-corrected chi connectivity index (χ2v) is 12.4. The number of amides is 1. The molecule has 0 saturated carbocycles. The molecule has 0 radical (unpaired) electrons. The average Bonchev–Trinajstić information content (AvgIpc) is 3.23. The number of thioether (sulfide) groups is 1. The third kappa shape index (κ3) is 4.80. The van der Waals surface area contributed by atoms with Gasteiger partial charge >= 0.3 is 0 Å². The minimum Gasteiger partial charge on any atom is -0.372 e. The van der Waals surface area contributed by atoms with Gasteiger partial charge in [-0.3, -0.25) is 14.2 Å². The maximum absolute atomic E-state index is 14.1. The van der Waals surface area contributed by atoms with Gasteiger partial charge in [-0.2, -0.15) is 0 Å². The van der Waals surface area contributed by atoms with Crippen molar-refractivity contribution in [2.24, 2.45) is 5.92 Å². The van der Waals surface area contributed by atoms with Gasteiger partial charge in [0.15, 0.2) is 5.16 Å². The van der Waals surface area contributed by atoms with Gasteiger partial charge in [-0.05, 0) is 56.7 Å². The van der Waals surface area contributed by atoms with Crippen molar-refractivity contribution >= 4 is 39.2 Å². The molecule has 1 saturated heterocycles. The van der Waals surface area contributed by atoms with Gasteiger partial charge in [0.2, 0.25) is 5.91 Å². The molecule has 8 heteroatoms. The van der Waals surface area contributed by atoms with Crippen molar-refractivity contribution in [3.8, 4) is 5.69 Å². The number of fused-ring (bicyclic) bond motifs is 3. The van der Waals surface area contributed by atoms with E-state index in [1.54, 1.807) is 15.9 Å². The summed E-state index contributed by atoms with van der Waals surface area (Å²) in [5, 5.41) is 0.959. The lowest BCUT2D eigenvalue weighted by Crippen LogP contribution is -2.40.